The number of nitrogens with zero attached hydrogens (tertiary/aromatic N) is 6. The van der Waals surface area contributed by atoms with Crippen molar-refractivity contribution in [2.75, 3.05) is 31.1 Å². The number of hydrogen-bond acceptors (Lipinski definition) is 6. The molecule has 8 heteroatoms. The minimum absolute atomic E-state index is 0.146. The second kappa shape index (κ2) is 7.21. The van der Waals surface area contributed by atoms with Gasteiger partial charge in [0.15, 0.2) is 0 Å². The van der Waals surface area contributed by atoms with Crippen molar-refractivity contribution < 1.29 is 0 Å². The number of aryl methyl sites for hydroxylation is 1. The molecule has 0 atom stereocenters. The Morgan fingerprint density at radius 1 is 1.22 bits per heavy atom. The molecule has 0 bridgehead atoms. The number of imidazole rings is 1. The van der Waals surface area contributed by atoms with Crippen LogP contribution in [0.25, 0.3) is 11.0 Å². The normalized spacial score (nSPS) is 14.4. The van der Waals surface area contributed by atoms with Crippen molar-refractivity contribution in [2.24, 2.45) is 0 Å². The molecule has 0 spiro atoms. The fourth-order valence-corrected chi connectivity index (χ4v) is 3.45. The van der Waals surface area contributed by atoms with Gasteiger partial charge in [0.25, 0.3) is 5.56 Å². The lowest BCUT2D eigenvalue weighted by Gasteiger charge is -2.28. The summed E-state index contributed by atoms with van der Waals surface area (Å²) in [6.07, 6.45) is 1.66. The maximum Gasteiger partial charge on any atom is 0.293 e. The first kappa shape index (κ1) is 17.2. The molecule has 2 aromatic heterocycles. The molecule has 1 fully saturated rings. The summed E-state index contributed by atoms with van der Waals surface area (Å²) in [5, 5.41) is 16.6. The maximum absolute atomic E-state index is 13.1. The molecule has 1 N–H and O–H groups in total. The predicted molar refractivity (Wildman–Crippen MR) is 103 cm³/mol. The van der Waals surface area contributed by atoms with E-state index < -0.39 is 0 Å². The van der Waals surface area contributed by atoms with E-state index in [4.69, 9.17) is 5.26 Å². The fraction of sp³-hybridized carbons (Fsp3) is 0.368. The summed E-state index contributed by atoms with van der Waals surface area (Å²) < 4.78 is 3.44. The first-order valence-corrected chi connectivity index (χ1v) is 9.12. The third-order valence-electron chi connectivity index (χ3n) is 4.86. The van der Waals surface area contributed by atoms with E-state index in [1.54, 1.807) is 18.3 Å². The lowest BCUT2D eigenvalue weighted by Crippen LogP contribution is -2.44. The first-order chi connectivity index (χ1) is 13.2. The van der Waals surface area contributed by atoms with Crippen LogP contribution in [0.5, 0.6) is 0 Å². The van der Waals surface area contributed by atoms with E-state index in [1.165, 1.54) is 4.68 Å². The standard InChI is InChI=1S/C19H21N7O/c1-2-25-17-16(23-19(25)24-9-7-21-8-10-24)12-22-26(18(17)27)13-15-5-3-14(11-20)4-6-15/h3-6,12,21H,2,7-10,13H2,1H3. The number of rotatable bonds is 4. The molecule has 138 valence electrons. The average molecular weight is 363 g/mol. The molecule has 3 heterocycles. The van der Waals surface area contributed by atoms with E-state index >= 15 is 0 Å². The van der Waals surface area contributed by atoms with E-state index in [2.05, 4.69) is 26.4 Å². The second-order valence-electron chi connectivity index (χ2n) is 6.54. The lowest BCUT2D eigenvalue weighted by molar-refractivity contribution is 0.569. The van der Waals surface area contributed by atoms with Crippen LogP contribution < -0.4 is 15.8 Å². The maximum atomic E-state index is 13.1. The van der Waals surface area contributed by atoms with E-state index in [1.807, 2.05) is 23.6 Å². The molecule has 3 aromatic rings. The quantitative estimate of drug-likeness (QED) is 0.742. The zero-order valence-electron chi connectivity index (χ0n) is 15.2. The summed E-state index contributed by atoms with van der Waals surface area (Å²) in [5.41, 5.74) is 2.60. The number of fused-ring (bicyclic) bond motifs is 1. The van der Waals surface area contributed by atoms with Crippen LogP contribution in [0.3, 0.4) is 0 Å². The number of piperazine rings is 1. The van der Waals surface area contributed by atoms with E-state index in [-0.39, 0.29) is 5.56 Å². The molecule has 0 aliphatic carbocycles. The van der Waals surface area contributed by atoms with E-state index in [0.29, 0.717) is 29.7 Å². The van der Waals surface area contributed by atoms with Crippen LogP contribution in [-0.2, 0) is 13.1 Å². The number of nitrogens with one attached hydrogen (secondary N) is 1. The molecule has 1 aliphatic heterocycles. The lowest BCUT2D eigenvalue weighted by atomic mass is 10.1. The Kier molecular flexibility index (Phi) is 4.60. The summed E-state index contributed by atoms with van der Waals surface area (Å²) in [7, 11) is 0. The number of nitriles is 1. The Morgan fingerprint density at radius 3 is 2.63 bits per heavy atom. The van der Waals surface area contributed by atoms with Gasteiger partial charge in [0.2, 0.25) is 5.95 Å². The average Bonchev–Trinajstić information content (AvgIpc) is 3.11. The van der Waals surface area contributed by atoms with Crippen LogP contribution in [0.1, 0.15) is 18.1 Å². The Hall–Kier alpha value is -3.18. The Labute approximate surface area is 156 Å². The molecule has 0 amide bonds. The predicted octanol–water partition coefficient (Wildman–Crippen LogP) is 0.942. The minimum Gasteiger partial charge on any atom is -0.340 e. The number of aromatic nitrogens is 4. The minimum atomic E-state index is -0.146. The van der Waals surface area contributed by atoms with Crippen molar-refractivity contribution in [2.45, 2.75) is 20.0 Å². The SMILES string of the molecule is CCn1c(N2CCNCC2)nc2cnn(Cc3ccc(C#N)cc3)c(=O)c21. The number of anilines is 1. The summed E-state index contributed by atoms with van der Waals surface area (Å²) in [6, 6.07) is 9.29. The van der Waals surface area contributed by atoms with Gasteiger partial charge in [0, 0.05) is 32.7 Å². The highest BCUT2D eigenvalue weighted by molar-refractivity contribution is 5.77. The van der Waals surface area contributed by atoms with Crippen LogP contribution in [-0.4, -0.2) is 45.5 Å². The van der Waals surface area contributed by atoms with Crippen molar-refractivity contribution in [1.29, 1.82) is 5.26 Å². The highest BCUT2D eigenvalue weighted by atomic mass is 16.1. The molecule has 1 saturated heterocycles. The van der Waals surface area contributed by atoms with Crippen molar-refractivity contribution >= 4 is 17.0 Å². The van der Waals surface area contributed by atoms with Gasteiger partial charge in [-0.15, -0.1) is 0 Å². The van der Waals surface area contributed by atoms with Crippen LogP contribution in [0, 0.1) is 11.3 Å². The van der Waals surface area contributed by atoms with Gasteiger partial charge in [-0.3, -0.25) is 4.79 Å². The van der Waals surface area contributed by atoms with Crippen molar-refractivity contribution in [1.82, 2.24) is 24.6 Å². The highest BCUT2D eigenvalue weighted by Crippen LogP contribution is 2.20. The summed E-state index contributed by atoms with van der Waals surface area (Å²) in [6.45, 7) is 6.62. The highest BCUT2D eigenvalue weighted by Gasteiger charge is 2.21. The summed E-state index contributed by atoms with van der Waals surface area (Å²) in [4.78, 5) is 20.0. The van der Waals surface area contributed by atoms with Crippen molar-refractivity contribution in [3.05, 3.63) is 51.9 Å². The van der Waals surface area contributed by atoms with E-state index in [0.717, 1.165) is 37.7 Å². The molecule has 0 unspecified atom stereocenters. The first-order valence-electron chi connectivity index (χ1n) is 9.12. The van der Waals surface area contributed by atoms with Gasteiger partial charge in [0.1, 0.15) is 11.0 Å². The molecule has 27 heavy (non-hydrogen) atoms. The van der Waals surface area contributed by atoms with Gasteiger partial charge in [-0.25, -0.2) is 9.67 Å². The topological polar surface area (TPSA) is 91.8 Å². The largest absolute Gasteiger partial charge is 0.340 e. The van der Waals surface area contributed by atoms with Crippen LogP contribution in [0.2, 0.25) is 0 Å². The smallest absolute Gasteiger partial charge is 0.293 e. The van der Waals surface area contributed by atoms with Crippen LogP contribution in [0.15, 0.2) is 35.3 Å². The van der Waals surface area contributed by atoms with Crippen LogP contribution >= 0.6 is 0 Å². The third-order valence-corrected chi connectivity index (χ3v) is 4.86. The number of hydrogen-bond donors (Lipinski definition) is 1. The molecule has 1 aromatic carbocycles. The molecule has 4 rings (SSSR count). The van der Waals surface area contributed by atoms with Gasteiger partial charge >= 0.3 is 0 Å². The van der Waals surface area contributed by atoms with Crippen molar-refractivity contribution in [3.63, 3.8) is 0 Å². The Morgan fingerprint density at radius 2 is 1.96 bits per heavy atom. The van der Waals surface area contributed by atoms with Crippen LogP contribution in [0.4, 0.5) is 5.95 Å². The molecule has 0 radical (unpaired) electrons. The molecular formula is C19H21N7O. The Balaban J connectivity index is 1.74. The van der Waals surface area contributed by atoms with E-state index in [9.17, 15) is 4.79 Å². The zero-order valence-corrected chi connectivity index (χ0v) is 15.2. The van der Waals surface area contributed by atoms with Gasteiger partial charge in [-0.1, -0.05) is 12.1 Å². The van der Waals surface area contributed by atoms with Crippen molar-refractivity contribution in [3.8, 4) is 6.07 Å². The fourth-order valence-electron chi connectivity index (χ4n) is 3.45. The summed E-state index contributed by atoms with van der Waals surface area (Å²) in [5.74, 6) is 0.837. The summed E-state index contributed by atoms with van der Waals surface area (Å²) >= 11 is 0. The Bertz CT molecular complexity index is 1050. The van der Waals surface area contributed by atoms with Gasteiger partial charge in [0.05, 0.1) is 24.4 Å². The molecular weight excluding hydrogens is 342 g/mol. The van der Waals surface area contributed by atoms with Gasteiger partial charge in [-0.05, 0) is 24.6 Å². The molecule has 8 nitrogen and oxygen atoms in total. The molecule has 1 aliphatic rings. The third kappa shape index (κ3) is 3.17. The molecule has 0 saturated carbocycles. The van der Waals surface area contributed by atoms with Gasteiger partial charge in [-0.2, -0.15) is 10.4 Å². The van der Waals surface area contributed by atoms with Gasteiger partial charge < -0.3 is 14.8 Å². The number of benzene rings is 1. The zero-order chi connectivity index (χ0) is 18.8. The second-order valence-corrected chi connectivity index (χ2v) is 6.54. The monoisotopic (exact) mass is 363 g/mol.